The molecule has 0 saturated heterocycles. The van der Waals surface area contributed by atoms with Gasteiger partial charge in [0.15, 0.2) is 0 Å². The number of nitrogens with zero attached hydrogens (tertiary/aromatic N) is 1. The molecule has 0 radical (unpaired) electrons. The monoisotopic (exact) mass is 299 g/mol. The van der Waals surface area contributed by atoms with Gasteiger partial charge in [-0.15, -0.1) is 11.3 Å². The molecule has 0 spiro atoms. The molecule has 1 rings (SSSR count). The molecule has 5 nitrogen and oxygen atoms in total. The molecular formula is C9H14ClNO4S2. The molecule has 0 aliphatic carbocycles. The van der Waals surface area contributed by atoms with E-state index in [0.29, 0.717) is 4.34 Å². The molecule has 0 fully saturated rings. The van der Waals surface area contributed by atoms with Crippen molar-refractivity contribution in [2.75, 3.05) is 27.3 Å². The van der Waals surface area contributed by atoms with Gasteiger partial charge in [0.25, 0.3) is 10.0 Å². The number of methoxy groups -OCH3 is 1. The van der Waals surface area contributed by atoms with E-state index in [0.717, 1.165) is 15.6 Å². The summed E-state index contributed by atoms with van der Waals surface area (Å²) in [5, 5.41) is 9.48. The van der Waals surface area contributed by atoms with E-state index in [4.69, 9.17) is 16.3 Å². The molecular weight excluding hydrogens is 286 g/mol. The Hall–Kier alpha value is -0.180. The molecule has 1 aromatic rings. The molecule has 8 heteroatoms. The van der Waals surface area contributed by atoms with Gasteiger partial charge in [0, 0.05) is 20.7 Å². The lowest BCUT2D eigenvalue weighted by Crippen LogP contribution is -2.35. The van der Waals surface area contributed by atoms with Crippen molar-refractivity contribution in [2.24, 2.45) is 0 Å². The predicted octanol–water partition coefficient (Wildman–Crippen LogP) is 1.03. The summed E-state index contributed by atoms with van der Waals surface area (Å²) >= 11 is 6.68. The lowest BCUT2D eigenvalue weighted by Gasteiger charge is -2.19. The number of aliphatic hydroxyl groups is 1. The summed E-state index contributed by atoms with van der Waals surface area (Å²) in [5.41, 5.74) is 0. The highest BCUT2D eigenvalue weighted by Crippen LogP contribution is 2.27. The van der Waals surface area contributed by atoms with E-state index in [9.17, 15) is 13.5 Å². The standard InChI is InChI=1S/C9H14ClNO4S2/c1-11(5-7(12)6-15-2)17(13,14)9-4-3-8(10)16-9/h3-4,7,12H,5-6H2,1-2H3. The van der Waals surface area contributed by atoms with Crippen molar-refractivity contribution < 1.29 is 18.3 Å². The first kappa shape index (κ1) is 14.9. The molecule has 0 aliphatic rings. The number of ether oxygens (including phenoxy) is 1. The fourth-order valence-corrected chi connectivity index (χ4v) is 4.13. The molecule has 1 N–H and O–H groups in total. The largest absolute Gasteiger partial charge is 0.389 e. The van der Waals surface area contributed by atoms with E-state index in [1.54, 1.807) is 0 Å². The van der Waals surface area contributed by atoms with E-state index in [-0.39, 0.29) is 17.4 Å². The molecule has 1 aromatic heterocycles. The highest BCUT2D eigenvalue weighted by Gasteiger charge is 2.24. The van der Waals surface area contributed by atoms with Crippen molar-refractivity contribution in [3.8, 4) is 0 Å². The van der Waals surface area contributed by atoms with E-state index < -0.39 is 16.1 Å². The molecule has 17 heavy (non-hydrogen) atoms. The molecule has 98 valence electrons. The summed E-state index contributed by atoms with van der Waals surface area (Å²) in [6.45, 7) is 0.0662. The van der Waals surface area contributed by atoms with Crippen molar-refractivity contribution in [1.82, 2.24) is 4.31 Å². The van der Waals surface area contributed by atoms with Crippen LogP contribution in [0.3, 0.4) is 0 Å². The Morgan fingerprint density at radius 3 is 2.71 bits per heavy atom. The Morgan fingerprint density at radius 2 is 2.24 bits per heavy atom. The third-order valence-corrected chi connectivity index (χ3v) is 5.56. The molecule has 0 bridgehead atoms. The molecule has 0 aliphatic heterocycles. The maximum Gasteiger partial charge on any atom is 0.252 e. The normalized spacial score (nSPS) is 14.2. The Balaban J connectivity index is 2.77. The van der Waals surface area contributed by atoms with Crippen LogP contribution < -0.4 is 0 Å². The molecule has 1 atom stereocenters. The number of hydrogen-bond acceptors (Lipinski definition) is 5. The summed E-state index contributed by atoms with van der Waals surface area (Å²) in [7, 11) is -0.734. The van der Waals surface area contributed by atoms with E-state index >= 15 is 0 Å². The number of sulfonamides is 1. The number of likely N-dealkylation sites (N-methyl/N-ethyl adjacent to an activating group) is 1. The van der Waals surface area contributed by atoms with Crippen LogP contribution in [-0.2, 0) is 14.8 Å². The van der Waals surface area contributed by atoms with E-state index in [1.165, 1.54) is 26.3 Å². The molecule has 0 amide bonds. The first-order valence-corrected chi connectivity index (χ1v) is 7.40. The predicted molar refractivity (Wildman–Crippen MR) is 67.0 cm³/mol. The summed E-state index contributed by atoms with van der Waals surface area (Å²) in [4.78, 5) is 0. The molecule has 0 saturated carbocycles. The van der Waals surface area contributed by atoms with E-state index in [1.807, 2.05) is 0 Å². The number of aliphatic hydroxyl groups excluding tert-OH is 1. The Bertz CT molecular complexity index is 459. The zero-order valence-electron chi connectivity index (χ0n) is 9.46. The number of thiophene rings is 1. The molecule has 0 aromatic carbocycles. The third kappa shape index (κ3) is 3.90. The zero-order valence-corrected chi connectivity index (χ0v) is 11.8. The Labute approximate surface area is 110 Å². The quantitative estimate of drug-likeness (QED) is 0.852. The van der Waals surface area contributed by atoms with Crippen LogP contribution in [0, 0.1) is 0 Å². The first-order valence-electron chi connectivity index (χ1n) is 4.76. The average molecular weight is 300 g/mol. The SMILES string of the molecule is COCC(O)CN(C)S(=O)(=O)c1ccc(Cl)s1. The van der Waals surface area contributed by atoms with Gasteiger partial charge in [-0.2, -0.15) is 4.31 Å². The van der Waals surface area contributed by atoms with Gasteiger partial charge in [0.2, 0.25) is 0 Å². The fourth-order valence-electron chi connectivity index (χ4n) is 1.23. The smallest absolute Gasteiger partial charge is 0.252 e. The minimum Gasteiger partial charge on any atom is -0.389 e. The summed E-state index contributed by atoms with van der Waals surface area (Å²) in [6.07, 6.45) is -0.852. The Morgan fingerprint density at radius 1 is 1.59 bits per heavy atom. The molecule has 1 unspecified atom stereocenters. The average Bonchev–Trinajstić information content (AvgIpc) is 2.65. The van der Waals surface area contributed by atoms with Crippen LogP contribution in [0.25, 0.3) is 0 Å². The van der Waals surface area contributed by atoms with Crippen molar-refractivity contribution in [3.63, 3.8) is 0 Å². The highest BCUT2D eigenvalue weighted by atomic mass is 35.5. The minimum atomic E-state index is -3.58. The van der Waals surface area contributed by atoms with Crippen molar-refractivity contribution in [3.05, 3.63) is 16.5 Å². The van der Waals surface area contributed by atoms with Crippen LogP contribution in [0.2, 0.25) is 4.34 Å². The topological polar surface area (TPSA) is 66.8 Å². The van der Waals surface area contributed by atoms with Crippen LogP contribution in [0.15, 0.2) is 16.3 Å². The second kappa shape index (κ2) is 6.12. The van der Waals surface area contributed by atoms with Gasteiger partial charge in [-0.1, -0.05) is 11.6 Å². The van der Waals surface area contributed by atoms with Crippen LogP contribution >= 0.6 is 22.9 Å². The van der Waals surface area contributed by atoms with Crippen LogP contribution in [0.5, 0.6) is 0 Å². The second-order valence-electron chi connectivity index (χ2n) is 3.45. The number of hydrogen-bond donors (Lipinski definition) is 1. The van der Waals surface area contributed by atoms with Crippen molar-refractivity contribution in [2.45, 2.75) is 10.3 Å². The second-order valence-corrected chi connectivity index (χ2v) is 7.44. The Kier molecular flexibility index (Phi) is 5.36. The van der Waals surface area contributed by atoms with Gasteiger partial charge in [-0.25, -0.2) is 8.42 Å². The van der Waals surface area contributed by atoms with Crippen LogP contribution in [0.4, 0.5) is 0 Å². The lowest BCUT2D eigenvalue weighted by molar-refractivity contribution is 0.0554. The lowest BCUT2D eigenvalue weighted by atomic mass is 10.4. The first-order chi connectivity index (χ1) is 7.87. The van der Waals surface area contributed by atoms with Crippen LogP contribution in [-0.4, -0.2) is 51.2 Å². The highest BCUT2D eigenvalue weighted by molar-refractivity contribution is 7.91. The van der Waals surface area contributed by atoms with Gasteiger partial charge in [-0.05, 0) is 12.1 Å². The number of rotatable bonds is 6. The summed E-state index contributed by atoms with van der Waals surface area (Å²) < 4.78 is 30.4. The summed E-state index contributed by atoms with van der Waals surface area (Å²) in [5.74, 6) is 0. The van der Waals surface area contributed by atoms with Gasteiger partial charge in [0.05, 0.1) is 17.0 Å². The maximum atomic E-state index is 12.0. The van der Waals surface area contributed by atoms with Gasteiger partial charge in [-0.3, -0.25) is 0 Å². The van der Waals surface area contributed by atoms with Crippen LogP contribution in [0.1, 0.15) is 0 Å². The number of halogens is 1. The maximum absolute atomic E-state index is 12.0. The molecule has 1 heterocycles. The summed E-state index contributed by atoms with van der Waals surface area (Å²) in [6, 6.07) is 2.97. The van der Waals surface area contributed by atoms with Gasteiger partial charge in [0.1, 0.15) is 4.21 Å². The zero-order chi connectivity index (χ0) is 13.1. The third-order valence-electron chi connectivity index (χ3n) is 2.04. The fraction of sp³-hybridized carbons (Fsp3) is 0.556. The van der Waals surface area contributed by atoms with Gasteiger partial charge >= 0.3 is 0 Å². The minimum absolute atomic E-state index is 0.0221. The van der Waals surface area contributed by atoms with Crippen molar-refractivity contribution >= 4 is 33.0 Å². The van der Waals surface area contributed by atoms with Gasteiger partial charge < -0.3 is 9.84 Å². The van der Waals surface area contributed by atoms with Crippen molar-refractivity contribution in [1.29, 1.82) is 0 Å². The van der Waals surface area contributed by atoms with E-state index in [2.05, 4.69) is 0 Å².